The third kappa shape index (κ3) is 6.97. The minimum absolute atomic E-state index is 0.857. The van der Waals surface area contributed by atoms with Gasteiger partial charge in [0.1, 0.15) is 11.2 Å². The van der Waals surface area contributed by atoms with E-state index >= 15 is 0 Å². The summed E-state index contributed by atoms with van der Waals surface area (Å²) >= 11 is 0. The lowest BCUT2D eigenvalue weighted by molar-refractivity contribution is 0.670. The molecule has 2 heterocycles. The van der Waals surface area contributed by atoms with Crippen molar-refractivity contribution >= 4 is 73.5 Å². The van der Waals surface area contributed by atoms with E-state index < -0.39 is 8.07 Å². The molecule has 0 spiro atoms. The van der Waals surface area contributed by atoms with Gasteiger partial charge in [0.25, 0.3) is 0 Å². The van der Waals surface area contributed by atoms with E-state index in [9.17, 15) is 0 Å². The maximum Gasteiger partial charge on any atom is 0.179 e. The molecule has 3 nitrogen and oxygen atoms in total. The van der Waals surface area contributed by atoms with E-state index in [0.717, 1.165) is 62.4 Å². The molecule has 0 bridgehead atoms. The summed E-state index contributed by atoms with van der Waals surface area (Å²) < 4.78 is 6.43. The zero-order valence-electron chi connectivity index (χ0n) is 34.8. The second kappa shape index (κ2) is 16.5. The molecule has 10 aromatic rings. The van der Waals surface area contributed by atoms with Crippen LogP contribution >= 0.6 is 0 Å². The molecule has 0 fully saturated rings. The number of para-hydroxylation sites is 2. The number of rotatable bonds is 10. The summed E-state index contributed by atoms with van der Waals surface area (Å²) in [5.74, 6) is 0. The van der Waals surface area contributed by atoms with Crippen LogP contribution in [0.5, 0.6) is 0 Å². The van der Waals surface area contributed by atoms with Crippen LogP contribution in [0.3, 0.4) is 0 Å². The number of furan rings is 1. The Morgan fingerprint density at radius 1 is 0.397 bits per heavy atom. The minimum atomic E-state index is -2.61. The fourth-order valence-corrected chi connectivity index (χ4v) is 14.2. The van der Waals surface area contributed by atoms with Gasteiger partial charge in [-0.15, -0.1) is 0 Å². The van der Waals surface area contributed by atoms with E-state index in [2.05, 4.69) is 253 Å². The van der Waals surface area contributed by atoms with Gasteiger partial charge in [-0.3, -0.25) is 0 Å². The molecule has 0 saturated heterocycles. The minimum Gasteiger partial charge on any atom is -0.455 e. The van der Waals surface area contributed by atoms with E-state index in [1.54, 1.807) is 0 Å². The first kappa shape index (κ1) is 38.0. The predicted octanol–water partition coefficient (Wildman–Crippen LogP) is 12.7. The van der Waals surface area contributed by atoms with Crippen molar-refractivity contribution in [2.45, 2.75) is 0 Å². The molecule has 1 aliphatic heterocycles. The van der Waals surface area contributed by atoms with Crippen LogP contribution in [0.25, 0.3) is 44.2 Å². The third-order valence-corrected chi connectivity index (χ3v) is 17.3. The molecule has 1 aliphatic rings. The second-order valence-electron chi connectivity index (χ2n) is 16.1. The highest BCUT2D eigenvalue weighted by Crippen LogP contribution is 2.40. The largest absolute Gasteiger partial charge is 0.455 e. The monoisotopic (exact) mass is 824 g/mol. The van der Waals surface area contributed by atoms with Gasteiger partial charge in [-0.05, 0) is 98.1 Å². The van der Waals surface area contributed by atoms with E-state index in [1.807, 2.05) is 12.1 Å². The molecule has 0 saturated carbocycles. The van der Waals surface area contributed by atoms with Crippen molar-refractivity contribution in [3.63, 3.8) is 0 Å². The van der Waals surface area contributed by atoms with E-state index in [1.165, 1.54) is 31.9 Å². The van der Waals surface area contributed by atoms with E-state index in [4.69, 9.17) is 4.42 Å². The molecule has 0 atom stereocenters. The standard InChI is InChI=1S/C59H44N2OSi/c1-5-16-51(17-6-1)63(52-18-7-2-8-19-52,53-20-9-3-10-21-53)54-40-30-45(31-41-54)44-26-32-48(33-27-44)61(50-38-36-47(37-39-50)60-42-13-4-14-43-60)49-34-28-46(29-35-49)55-23-15-24-57-56-22-11-12-25-58(56)62-59(55)57/h1-42H,43H2. The molecule has 0 amide bonds. The topological polar surface area (TPSA) is 19.6 Å². The van der Waals surface area contributed by atoms with Crippen LogP contribution in [0, 0.1) is 0 Å². The summed E-state index contributed by atoms with van der Waals surface area (Å²) in [6, 6.07) is 84.1. The number of benzene rings is 9. The lowest BCUT2D eigenvalue weighted by Crippen LogP contribution is -2.74. The van der Waals surface area contributed by atoms with Gasteiger partial charge >= 0.3 is 0 Å². The zero-order chi connectivity index (χ0) is 42.0. The van der Waals surface area contributed by atoms with Crippen LogP contribution in [-0.2, 0) is 0 Å². The Balaban J connectivity index is 0.955. The van der Waals surface area contributed by atoms with Crippen molar-refractivity contribution < 1.29 is 4.42 Å². The Kier molecular flexibility index (Phi) is 9.96. The van der Waals surface area contributed by atoms with Crippen molar-refractivity contribution in [3.05, 3.63) is 255 Å². The molecule has 0 radical (unpaired) electrons. The second-order valence-corrected chi connectivity index (χ2v) is 19.9. The number of fused-ring (bicyclic) bond motifs is 3. The van der Waals surface area contributed by atoms with Crippen LogP contribution in [0.4, 0.5) is 22.7 Å². The van der Waals surface area contributed by atoms with Gasteiger partial charge in [0.2, 0.25) is 0 Å². The molecular weight excluding hydrogens is 781 g/mol. The van der Waals surface area contributed by atoms with Crippen LogP contribution < -0.4 is 30.5 Å². The molecule has 0 unspecified atom stereocenters. The molecule has 63 heavy (non-hydrogen) atoms. The Morgan fingerprint density at radius 3 is 1.43 bits per heavy atom. The number of hydrogen-bond acceptors (Lipinski definition) is 3. The fourth-order valence-electron chi connectivity index (χ4n) is 9.44. The summed E-state index contributed by atoms with van der Waals surface area (Å²) in [5, 5.41) is 7.74. The summed E-state index contributed by atoms with van der Waals surface area (Å²) in [6.07, 6.45) is 8.49. The van der Waals surface area contributed by atoms with E-state index in [0.29, 0.717) is 0 Å². The Bertz CT molecular complexity index is 3120. The maximum atomic E-state index is 6.43. The van der Waals surface area contributed by atoms with Gasteiger partial charge in [-0.25, -0.2) is 0 Å². The van der Waals surface area contributed by atoms with Gasteiger partial charge in [0, 0.05) is 51.8 Å². The van der Waals surface area contributed by atoms with Gasteiger partial charge in [0.15, 0.2) is 8.07 Å². The lowest BCUT2D eigenvalue weighted by Gasteiger charge is -2.34. The molecular formula is C59H44N2OSi. The van der Waals surface area contributed by atoms with Crippen molar-refractivity contribution in [3.8, 4) is 22.3 Å². The van der Waals surface area contributed by atoms with Crippen molar-refractivity contribution in [2.75, 3.05) is 16.3 Å². The molecule has 9 aromatic carbocycles. The predicted molar refractivity (Wildman–Crippen MR) is 269 cm³/mol. The van der Waals surface area contributed by atoms with Gasteiger partial charge in [-0.1, -0.05) is 188 Å². The maximum absolute atomic E-state index is 6.43. The normalized spacial score (nSPS) is 12.5. The molecule has 1 aromatic heterocycles. The smallest absolute Gasteiger partial charge is 0.179 e. The number of anilines is 4. The lowest BCUT2D eigenvalue weighted by atomic mass is 10.0. The summed E-state index contributed by atoms with van der Waals surface area (Å²) in [4.78, 5) is 4.60. The molecule has 0 N–H and O–H groups in total. The van der Waals surface area contributed by atoms with E-state index in [-0.39, 0.29) is 0 Å². The average molecular weight is 825 g/mol. The van der Waals surface area contributed by atoms with Gasteiger partial charge in [0.05, 0.1) is 0 Å². The quantitative estimate of drug-likeness (QED) is 0.101. The Morgan fingerprint density at radius 2 is 0.873 bits per heavy atom. The number of allylic oxidation sites excluding steroid dienone is 2. The summed E-state index contributed by atoms with van der Waals surface area (Å²) in [5.41, 5.74) is 10.8. The molecule has 11 rings (SSSR count). The van der Waals surface area contributed by atoms with Crippen molar-refractivity contribution in [1.29, 1.82) is 0 Å². The van der Waals surface area contributed by atoms with Crippen molar-refractivity contribution in [1.82, 2.24) is 0 Å². The third-order valence-electron chi connectivity index (χ3n) is 12.5. The first-order valence-corrected chi connectivity index (χ1v) is 23.6. The highest BCUT2D eigenvalue weighted by atomic mass is 28.3. The van der Waals surface area contributed by atoms with Crippen LogP contribution in [0.1, 0.15) is 0 Å². The van der Waals surface area contributed by atoms with Gasteiger partial charge in [-0.2, -0.15) is 0 Å². The summed E-state index contributed by atoms with van der Waals surface area (Å²) in [7, 11) is -2.61. The highest BCUT2D eigenvalue weighted by Gasteiger charge is 2.41. The number of nitrogens with zero attached hydrogens (tertiary/aromatic N) is 2. The zero-order valence-corrected chi connectivity index (χ0v) is 35.8. The van der Waals surface area contributed by atoms with Crippen LogP contribution in [0.2, 0.25) is 0 Å². The first-order chi connectivity index (χ1) is 31.2. The highest BCUT2D eigenvalue weighted by molar-refractivity contribution is 7.19. The van der Waals surface area contributed by atoms with Crippen LogP contribution in [-0.4, -0.2) is 14.6 Å². The summed E-state index contributed by atoms with van der Waals surface area (Å²) in [6.45, 7) is 0.857. The molecule has 300 valence electrons. The van der Waals surface area contributed by atoms with Crippen LogP contribution in [0.15, 0.2) is 259 Å². The average Bonchev–Trinajstić information content (AvgIpc) is 3.76. The van der Waals surface area contributed by atoms with Gasteiger partial charge < -0.3 is 14.2 Å². The first-order valence-electron chi connectivity index (χ1n) is 21.6. The Hall–Kier alpha value is -7.92. The molecule has 4 heteroatoms. The Labute approximate surface area is 369 Å². The van der Waals surface area contributed by atoms with Crippen molar-refractivity contribution in [2.24, 2.45) is 0 Å². The SMILES string of the molecule is C1=CCN(c2ccc(N(c3ccc(-c4ccc([Si](c5ccccc5)(c5ccccc5)c5ccccc5)cc4)cc3)c3ccc(-c4cccc5c4oc4ccccc45)cc3)cc2)C=C1. The molecule has 0 aliphatic carbocycles. The fraction of sp³-hybridized carbons (Fsp3) is 0.0169. The number of hydrogen-bond donors (Lipinski definition) is 0.